The van der Waals surface area contributed by atoms with E-state index in [-0.39, 0.29) is 36.2 Å². The highest BCUT2D eigenvalue weighted by atomic mass is 19.4. The van der Waals surface area contributed by atoms with E-state index in [2.05, 4.69) is 25.2 Å². The molecule has 5 rings (SSSR count). The SMILES string of the molecule is O=c1[nH]ncc(NC(CCCn2ccc3cc(-c4nc5ccccn5n4)c(F)cc3c2=O)COC(F)F)c1C(F)(F)F. The number of nitrogens with zero attached hydrogens (tertiary/aromatic N) is 5. The third kappa shape index (κ3) is 6.12. The number of aryl methyl sites for hydroxylation is 1. The first-order chi connectivity index (χ1) is 20.0. The van der Waals surface area contributed by atoms with Gasteiger partial charge in [0.15, 0.2) is 11.5 Å². The van der Waals surface area contributed by atoms with E-state index in [0.717, 1.165) is 12.3 Å². The van der Waals surface area contributed by atoms with Gasteiger partial charge in [-0.2, -0.15) is 27.1 Å². The van der Waals surface area contributed by atoms with Crippen molar-refractivity contribution in [1.29, 1.82) is 0 Å². The fourth-order valence-corrected chi connectivity index (χ4v) is 4.50. The Bertz CT molecular complexity index is 1820. The molecule has 0 spiro atoms. The first-order valence-corrected chi connectivity index (χ1v) is 12.5. The first kappa shape index (κ1) is 28.8. The number of fused-ring (bicyclic) bond motifs is 2. The lowest BCUT2D eigenvalue weighted by atomic mass is 10.1. The van der Waals surface area contributed by atoms with Gasteiger partial charge in [-0.05, 0) is 48.6 Å². The van der Waals surface area contributed by atoms with Gasteiger partial charge >= 0.3 is 12.8 Å². The summed E-state index contributed by atoms with van der Waals surface area (Å²) in [7, 11) is 0. The average Bonchev–Trinajstić information content (AvgIpc) is 3.36. The molecule has 16 heteroatoms. The molecule has 4 heterocycles. The van der Waals surface area contributed by atoms with Gasteiger partial charge in [-0.15, -0.1) is 5.10 Å². The van der Waals surface area contributed by atoms with E-state index in [9.17, 15) is 31.5 Å². The maximum Gasteiger partial charge on any atom is 0.423 e. The molecule has 0 aliphatic carbocycles. The van der Waals surface area contributed by atoms with Crippen molar-refractivity contribution >= 4 is 22.1 Å². The summed E-state index contributed by atoms with van der Waals surface area (Å²) in [6, 6.07) is 8.24. The van der Waals surface area contributed by atoms with Crippen LogP contribution in [0.25, 0.3) is 27.8 Å². The van der Waals surface area contributed by atoms with Gasteiger partial charge in [-0.1, -0.05) is 6.07 Å². The summed E-state index contributed by atoms with van der Waals surface area (Å²) in [6.07, 6.45) is -1.11. The number of benzene rings is 1. The zero-order chi connectivity index (χ0) is 30.0. The maximum absolute atomic E-state index is 15.1. The number of hydrogen-bond acceptors (Lipinski definition) is 7. The number of alkyl halides is 5. The molecule has 0 saturated heterocycles. The zero-order valence-electron chi connectivity index (χ0n) is 21.4. The fourth-order valence-electron chi connectivity index (χ4n) is 4.50. The Hall–Kier alpha value is -4.73. The smallest absolute Gasteiger partial charge is 0.378 e. The number of hydrogen-bond donors (Lipinski definition) is 2. The summed E-state index contributed by atoms with van der Waals surface area (Å²) >= 11 is 0. The summed E-state index contributed by atoms with van der Waals surface area (Å²) in [5, 5.41) is 12.2. The van der Waals surface area contributed by atoms with Gasteiger partial charge in [-0.3, -0.25) is 9.59 Å². The number of aromatic nitrogens is 6. The number of ether oxygens (including phenoxy) is 1. The molecule has 5 aromatic rings. The second-order valence-electron chi connectivity index (χ2n) is 9.24. The largest absolute Gasteiger partial charge is 0.423 e. The van der Waals surface area contributed by atoms with E-state index >= 15 is 4.39 Å². The molecule has 42 heavy (non-hydrogen) atoms. The van der Waals surface area contributed by atoms with Gasteiger partial charge < -0.3 is 14.6 Å². The van der Waals surface area contributed by atoms with E-state index in [1.165, 1.54) is 21.3 Å². The van der Waals surface area contributed by atoms with E-state index in [4.69, 9.17) is 0 Å². The Morgan fingerprint density at radius 2 is 1.90 bits per heavy atom. The lowest BCUT2D eigenvalue weighted by Gasteiger charge is -2.22. The van der Waals surface area contributed by atoms with Gasteiger partial charge in [0.25, 0.3) is 11.1 Å². The summed E-state index contributed by atoms with van der Waals surface area (Å²) in [5.41, 5.74) is -3.69. The van der Waals surface area contributed by atoms with Crippen LogP contribution in [0, 0.1) is 5.82 Å². The van der Waals surface area contributed by atoms with Crippen LogP contribution in [0.4, 0.5) is 32.0 Å². The predicted octanol–water partition coefficient (Wildman–Crippen LogP) is 4.45. The zero-order valence-corrected chi connectivity index (χ0v) is 21.4. The van der Waals surface area contributed by atoms with Crippen LogP contribution in [0.3, 0.4) is 0 Å². The highest BCUT2D eigenvalue weighted by molar-refractivity contribution is 5.86. The molecule has 1 aromatic carbocycles. The highest BCUT2D eigenvalue weighted by Crippen LogP contribution is 2.32. The van der Waals surface area contributed by atoms with Crippen molar-refractivity contribution in [3.05, 3.63) is 87.1 Å². The molecule has 0 radical (unpaired) electrons. The second kappa shape index (κ2) is 11.6. The predicted molar refractivity (Wildman–Crippen MR) is 139 cm³/mol. The summed E-state index contributed by atoms with van der Waals surface area (Å²) in [4.78, 5) is 29.1. The van der Waals surface area contributed by atoms with E-state index < -0.39 is 53.6 Å². The molecule has 0 aliphatic heterocycles. The van der Waals surface area contributed by atoms with Crippen molar-refractivity contribution in [3.8, 4) is 11.4 Å². The quantitative estimate of drug-likeness (QED) is 0.230. The normalized spacial score (nSPS) is 12.8. The topological polar surface area (TPSA) is 119 Å². The van der Waals surface area contributed by atoms with Crippen molar-refractivity contribution in [2.75, 3.05) is 11.9 Å². The van der Waals surface area contributed by atoms with E-state index in [0.29, 0.717) is 11.0 Å². The molecule has 220 valence electrons. The van der Waals surface area contributed by atoms with Crippen molar-refractivity contribution in [1.82, 2.24) is 29.4 Å². The average molecular weight is 593 g/mol. The highest BCUT2D eigenvalue weighted by Gasteiger charge is 2.37. The Morgan fingerprint density at radius 3 is 2.64 bits per heavy atom. The standard InChI is InChI=1S/C26H21F6N7O3/c27-18-11-16-14(10-17(18)22-35-20-5-1-2-8-39(20)37-22)6-9-38(24(16)41)7-3-4-15(13-42-25(28)29)34-19-12-33-36-23(40)21(19)26(30,31)32/h1-2,5-6,8-12,15,25H,3-4,7,13H2,(H2,34,36,40). The minimum absolute atomic E-state index is 0.0265. The lowest BCUT2D eigenvalue weighted by Crippen LogP contribution is -2.32. The van der Waals surface area contributed by atoms with Gasteiger partial charge in [-0.25, -0.2) is 19.0 Å². The summed E-state index contributed by atoms with van der Waals surface area (Å²) in [5.74, 6) is -0.577. The molecular weight excluding hydrogens is 572 g/mol. The third-order valence-corrected chi connectivity index (χ3v) is 6.42. The van der Waals surface area contributed by atoms with E-state index in [1.807, 2.05) is 0 Å². The molecule has 1 unspecified atom stereocenters. The van der Waals surface area contributed by atoms with Gasteiger partial charge in [0.2, 0.25) is 0 Å². The van der Waals surface area contributed by atoms with Gasteiger partial charge in [0.1, 0.15) is 11.4 Å². The third-order valence-electron chi connectivity index (χ3n) is 6.42. The molecular formula is C26H21F6N7O3. The fraction of sp³-hybridized carbons (Fsp3) is 0.269. The van der Waals surface area contributed by atoms with Crippen molar-refractivity contribution in [3.63, 3.8) is 0 Å². The number of rotatable bonds is 10. The van der Waals surface area contributed by atoms with Crippen LogP contribution >= 0.6 is 0 Å². The molecule has 2 N–H and O–H groups in total. The van der Waals surface area contributed by atoms with Crippen LogP contribution in [-0.4, -0.2) is 48.6 Å². The van der Waals surface area contributed by atoms with Crippen molar-refractivity contribution in [2.45, 2.75) is 38.2 Å². The molecule has 0 bridgehead atoms. The molecule has 0 aliphatic rings. The molecule has 10 nitrogen and oxygen atoms in total. The summed E-state index contributed by atoms with van der Waals surface area (Å²) in [6.45, 7) is -3.86. The van der Waals surface area contributed by atoms with Gasteiger partial charge in [0.05, 0.1) is 29.4 Å². The first-order valence-electron chi connectivity index (χ1n) is 12.5. The van der Waals surface area contributed by atoms with Crippen LogP contribution in [0.5, 0.6) is 0 Å². The molecule has 0 fully saturated rings. The Labute approximate surface area is 231 Å². The Kier molecular flexibility index (Phi) is 7.98. The minimum atomic E-state index is -5.04. The summed E-state index contributed by atoms with van der Waals surface area (Å²) < 4.78 is 87.7. The minimum Gasteiger partial charge on any atom is -0.378 e. The number of H-pyrrole nitrogens is 1. The second-order valence-corrected chi connectivity index (χ2v) is 9.24. The van der Waals surface area contributed by atoms with Crippen LogP contribution in [0.15, 0.2) is 64.6 Å². The maximum atomic E-state index is 15.1. The van der Waals surface area contributed by atoms with E-state index in [1.54, 1.807) is 35.6 Å². The number of anilines is 1. The van der Waals surface area contributed by atoms with Crippen LogP contribution < -0.4 is 16.4 Å². The Morgan fingerprint density at radius 1 is 1.10 bits per heavy atom. The van der Waals surface area contributed by atoms with Crippen LogP contribution in [0.2, 0.25) is 0 Å². The Balaban J connectivity index is 1.34. The molecule has 0 amide bonds. The molecule has 0 saturated carbocycles. The number of pyridine rings is 2. The van der Waals surface area contributed by atoms with Gasteiger partial charge in [0, 0.05) is 25.0 Å². The lowest BCUT2D eigenvalue weighted by molar-refractivity contribution is -0.138. The molecule has 4 aromatic heterocycles. The van der Waals surface area contributed by atoms with Crippen molar-refractivity contribution < 1.29 is 31.1 Å². The number of nitrogens with one attached hydrogen (secondary N) is 2. The van der Waals surface area contributed by atoms with Crippen LogP contribution in [-0.2, 0) is 17.5 Å². The monoisotopic (exact) mass is 593 g/mol. The molecule has 1 atom stereocenters. The number of aromatic amines is 1. The van der Waals surface area contributed by atoms with Crippen molar-refractivity contribution in [2.24, 2.45) is 0 Å². The van der Waals surface area contributed by atoms with Crippen LogP contribution in [0.1, 0.15) is 18.4 Å². The number of halogens is 6.